The van der Waals surface area contributed by atoms with E-state index in [2.05, 4.69) is 5.32 Å². The zero-order chi connectivity index (χ0) is 18.4. The Kier molecular flexibility index (Phi) is 6.51. The van der Waals surface area contributed by atoms with Gasteiger partial charge in [0.1, 0.15) is 5.76 Å². The van der Waals surface area contributed by atoms with Crippen LogP contribution < -0.4 is 5.32 Å². The summed E-state index contributed by atoms with van der Waals surface area (Å²) in [7, 11) is 0. The molecule has 1 amide bonds. The normalized spacial score (nSPS) is 12.0. The number of furan rings is 1. The molecule has 1 aromatic heterocycles. The highest BCUT2D eigenvalue weighted by molar-refractivity contribution is 14.1. The predicted octanol–water partition coefficient (Wildman–Crippen LogP) is 3.67. The van der Waals surface area contributed by atoms with E-state index in [9.17, 15) is 14.4 Å². The summed E-state index contributed by atoms with van der Waals surface area (Å²) in [6, 6.07) is 9.93. The molecule has 25 heavy (non-hydrogen) atoms. The molecule has 2 rings (SSSR count). The molecular weight excluding hydrogens is 437 g/mol. The molecule has 1 heterocycles. The summed E-state index contributed by atoms with van der Waals surface area (Å²) in [5.41, 5.74) is 1.06. The summed E-state index contributed by atoms with van der Waals surface area (Å²) in [6.45, 7) is 2.94. The van der Waals surface area contributed by atoms with Crippen LogP contribution in [0.5, 0.6) is 0 Å². The van der Waals surface area contributed by atoms with E-state index in [1.54, 1.807) is 36.4 Å². The van der Waals surface area contributed by atoms with Gasteiger partial charge in [0.15, 0.2) is 15.7 Å². The quantitative estimate of drug-likeness (QED) is 0.312. The lowest BCUT2D eigenvalue weighted by molar-refractivity contribution is -0.148. The van der Waals surface area contributed by atoms with Gasteiger partial charge in [0.05, 0.1) is 0 Å². The van der Waals surface area contributed by atoms with Crippen LogP contribution in [0.4, 0.5) is 5.69 Å². The average Bonchev–Trinajstić information content (AvgIpc) is 2.99. The van der Waals surface area contributed by atoms with Gasteiger partial charge >= 0.3 is 5.97 Å². The highest BCUT2D eigenvalue weighted by Gasteiger charge is 2.16. The zero-order valence-electron chi connectivity index (χ0n) is 13.6. The van der Waals surface area contributed by atoms with Crippen molar-refractivity contribution in [2.45, 2.75) is 20.0 Å². The SMILES string of the molecule is CC(=O)c1ccc(NC(=O)C(C)OC(=O)C=Cc2ccc(I)o2)cc1. The van der Waals surface area contributed by atoms with Gasteiger partial charge < -0.3 is 14.5 Å². The number of ether oxygens (including phenoxy) is 1. The van der Waals surface area contributed by atoms with Crippen molar-refractivity contribution >= 4 is 52.0 Å². The molecule has 1 aromatic carbocycles. The molecule has 1 N–H and O–H groups in total. The summed E-state index contributed by atoms with van der Waals surface area (Å²) in [4.78, 5) is 35.0. The Bertz CT molecular complexity index is 807. The molecule has 7 heteroatoms. The van der Waals surface area contributed by atoms with Gasteiger partial charge in [-0.05, 0) is 78.9 Å². The van der Waals surface area contributed by atoms with E-state index < -0.39 is 18.0 Å². The molecule has 130 valence electrons. The summed E-state index contributed by atoms with van der Waals surface area (Å²) >= 11 is 2.01. The minimum Gasteiger partial charge on any atom is -0.451 e. The van der Waals surface area contributed by atoms with Crippen LogP contribution in [0.2, 0.25) is 0 Å². The molecule has 0 aliphatic heterocycles. The number of nitrogens with one attached hydrogen (secondary N) is 1. The Labute approximate surface area is 158 Å². The third-order valence-corrected chi connectivity index (χ3v) is 3.78. The van der Waals surface area contributed by atoms with Crippen molar-refractivity contribution in [3.8, 4) is 0 Å². The smallest absolute Gasteiger partial charge is 0.331 e. The highest BCUT2D eigenvalue weighted by Crippen LogP contribution is 2.12. The van der Waals surface area contributed by atoms with E-state index in [0.717, 1.165) is 0 Å². The predicted molar refractivity (Wildman–Crippen MR) is 101 cm³/mol. The average molecular weight is 453 g/mol. The number of Topliss-reactive ketones (excluding diaryl/α,β-unsaturated/α-hetero) is 1. The van der Waals surface area contributed by atoms with Crippen LogP contribution in [0.1, 0.15) is 30.0 Å². The topological polar surface area (TPSA) is 85.6 Å². The number of hydrogen-bond acceptors (Lipinski definition) is 5. The summed E-state index contributed by atoms with van der Waals surface area (Å²) < 4.78 is 11.0. The van der Waals surface area contributed by atoms with E-state index in [1.165, 1.54) is 26.0 Å². The minimum atomic E-state index is -0.971. The lowest BCUT2D eigenvalue weighted by Gasteiger charge is -2.12. The Morgan fingerprint density at radius 3 is 2.40 bits per heavy atom. The third kappa shape index (κ3) is 5.86. The van der Waals surface area contributed by atoms with Crippen molar-refractivity contribution in [2.24, 2.45) is 0 Å². The van der Waals surface area contributed by atoms with E-state index in [4.69, 9.17) is 9.15 Å². The van der Waals surface area contributed by atoms with Crippen LogP contribution in [0, 0.1) is 3.77 Å². The molecule has 0 saturated carbocycles. The number of hydrogen-bond donors (Lipinski definition) is 1. The van der Waals surface area contributed by atoms with Crippen LogP contribution in [0.15, 0.2) is 46.9 Å². The fourth-order valence-electron chi connectivity index (χ4n) is 1.87. The molecule has 1 atom stereocenters. The summed E-state index contributed by atoms with van der Waals surface area (Å²) in [5, 5.41) is 2.62. The monoisotopic (exact) mass is 453 g/mol. The van der Waals surface area contributed by atoms with E-state index >= 15 is 0 Å². The number of carbonyl (C=O) groups excluding carboxylic acids is 3. The molecule has 0 spiro atoms. The molecule has 0 fully saturated rings. The van der Waals surface area contributed by atoms with Gasteiger partial charge in [-0.2, -0.15) is 0 Å². The fourth-order valence-corrected chi connectivity index (χ4v) is 2.30. The van der Waals surface area contributed by atoms with Crippen molar-refractivity contribution in [1.82, 2.24) is 0 Å². The van der Waals surface area contributed by atoms with Crippen LogP contribution in [0.3, 0.4) is 0 Å². The van der Waals surface area contributed by atoms with Crippen LogP contribution in [-0.4, -0.2) is 23.8 Å². The molecule has 6 nitrogen and oxygen atoms in total. The van der Waals surface area contributed by atoms with E-state index in [1.807, 2.05) is 22.6 Å². The van der Waals surface area contributed by atoms with Gasteiger partial charge in [0, 0.05) is 17.3 Å². The third-order valence-electron chi connectivity index (χ3n) is 3.20. The van der Waals surface area contributed by atoms with Crippen LogP contribution >= 0.6 is 22.6 Å². The number of esters is 1. The first-order valence-electron chi connectivity index (χ1n) is 7.41. The first-order valence-corrected chi connectivity index (χ1v) is 8.49. The lowest BCUT2D eigenvalue weighted by atomic mass is 10.1. The Hall–Kier alpha value is -2.42. The van der Waals surface area contributed by atoms with Gasteiger partial charge in [-0.15, -0.1) is 0 Å². The molecule has 0 bridgehead atoms. The lowest BCUT2D eigenvalue weighted by Crippen LogP contribution is -2.29. The molecule has 0 radical (unpaired) electrons. The van der Waals surface area contributed by atoms with Crippen molar-refractivity contribution in [1.29, 1.82) is 0 Å². The number of benzene rings is 1. The van der Waals surface area contributed by atoms with Crippen LogP contribution in [-0.2, 0) is 14.3 Å². The van der Waals surface area contributed by atoms with Crippen LogP contribution in [0.25, 0.3) is 6.08 Å². The van der Waals surface area contributed by atoms with E-state index in [0.29, 0.717) is 20.8 Å². The number of carbonyl (C=O) groups is 3. The largest absolute Gasteiger partial charge is 0.451 e. The van der Waals surface area contributed by atoms with Crippen molar-refractivity contribution < 1.29 is 23.5 Å². The second-order valence-electron chi connectivity index (χ2n) is 5.18. The summed E-state index contributed by atoms with van der Waals surface area (Å²) in [6.07, 6.45) is 1.69. The van der Waals surface area contributed by atoms with Gasteiger partial charge in [-0.1, -0.05) is 0 Å². The van der Waals surface area contributed by atoms with Gasteiger partial charge in [0.25, 0.3) is 5.91 Å². The minimum absolute atomic E-state index is 0.0572. The highest BCUT2D eigenvalue weighted by atomic mass is 127. The first-order chi connectivity index (χ1) is 11.8. The van der Waals surface area contributed by atoms with Gasteiger partial charge in [-0.25, -0.2) is 4.79 Å². The van der Waals surface area contributed by atoms with Crippen molar-refractivity contribution in [3.05, 3.63) is 57.6 Å². The second-order valence-corrected chi connectivity index (χ2v) is 6.24. The molecule has 2 aromatic rings. The van der Waals surface area contributed by atoms with Gasteiger partial charge in [0.2, 0.25) is 0 Å². The maximum Gasteiger partial charge on any atom is 0.331 e. The number of ketones is 1. The van der Waals surface area contributed by atoms with Crippen molar-refractivity contribution in [2.75, 3.05) is 5.32 Å². The Morgan fingerprint density at radius 1 is 1.16 bits per heavy atom. The molecular formula is C18H16INO5. The summed E-state index contributed by atoms with van der Waals surface area (Å²) in [5.74, 6) is -0.659. The fraction of sp³-hybridized carbons (Fsp3) is 0.167. The number of amides is 1. The van der Waals surface area contributed by atoms with E-state index in [-0.39, 0.29) is 5.78 Å². The number of halogens is 1. The van der Waals surface area contributed by atoms with Crippen molar-refractivity contribution in [3.63, 3.8) is 0 Å². The standard InChI is InChI=1S/C18H16INO5/c1-11(21)13-3-5-14(6-4-13)20-18(23)12(2)24-17(22)10-8-15-7-9-16(19)25-15/h3-10,12H,1-2H3,(H,20,23). The van der Waals surface area contributed by atoms with Gasteiger partial charge in [-0.3, -0.25) is 9.59 Å². The molecule has 0 aliphatic rings. The Morgan fingerprint density at radius 2 is 1.84 bits per heavy atom. The maximum absolute atomic E-state index is 12.0. The molecule has 0 aliphatic carbocycles. The molecule has 1 unspecified atom stereocenters. The Balaban J connectivity index is 1.87. The number of anilines is 1. The molecule has 0 saturated heterocycles. The second kappa shape index (κ2) is 8.61. The number of rotatable bonds is 6. The zero-order valence-corrected chi connectivity index (χ0v) is 15.8. The first kappa shape index (κ1) is 18.9. The maximum atomic E-state index is 12.0.